The molecule has 2 heterocycles. The van der Waals surface area contributed by atoms with Crippen molar-refractivity contribution in [2.75, 3.05) is 18.7 Å². The first kappa shape index (κ1) is 13.5. The highest BCUT2D eigenvalue weighted by atomic mass is 16.5. The molecular weight excluding hydrogens is 238 g/mol. The maximum atomic E-state index is 5.25. The zero-order valence-corrected chi connectivity index (χ0v) is 11.6. The van der Waals surface area contributed by atoms with Crippen LogP contribution in [0.5, 0.6) is 0 Å². The van der Waals surface area contributed by atoms with Crippen LogP contribution in [0.3, 0.4) is 0 Å². The normalized spacial score (nSPS) is 12.1. The predicted octanol–water partition coefficient (Wildman–Crippen LogP) is 3.15. The molecule has 0 bridgehead atoms. The van der Waals surface area contributed by atoms with Crippen LogP contribution in [0.15, 0.2) is 36.7 Å². The monoisotopic (exact) mass is 257 g/mol. The fraction of sp³-hybridized carbons (Fsp3) is 0.333. The number of para-hydroxylation sites is 1. The van der Waals surface area contributed by atoms with E-state index < -0.39 is 0 Å². The van der Waals surface area contributed by atoms with Crippen LogP contribution in [0.25, 0.3) is 0 Å². The van der Waals surface area contributed by atoms with E-state index in [-0.39, 0.29) is 0 Å². The Morgan fingerprint density at radius 1 is 1.16 bits per heavy atom. The highest BCUT2D eigenvalue weighted by molar-refractivity contribution is 5.69. The number of hydrogen-bond acceptors (Lipinski definition) is 4. The van der Waals surface area contributed by atoms with Gasteiger partial charge >= 0.3 is 0 Å². The molecule has 1 aromatic heterocycles. The van der Waals surface area contributed by atoms with E-state index in [9.17, 15) is 0 Å². The molecule has 0 fully saturated rings. The Morgan fingerprint density at radius 3 is 2.68 bits per heavy atom. The fourth-order valence-corrected chi connectivity index (χ4v) is 2.19. The van der Waals surface area contributed by atoms with Gasteiger partial charge in [-0.05, 0) is 11.6 Å². The second-order valence-electron chi connectivity index (χ2n) is 3.98. The van der Waals surface area contributed by atoms with E-state index in [0.717, 1.165) is 23.6 Å². The summed E-state index contributed by atoms with van der Waals surface area (Å²) in [5.74, 6) is 0.896. The van der Waals surface area contributed by atoms with Crippen molar-refractivity contribution in [3.8, 4) is 0 Å². The molecule has 0 saturated carbocycles. The van der Waals surface area contributed by atoms with Crippen molar-refractivity contribution in [2.24, 2.45) is 0 Å². The van der Waals surface area contributed by atoms with E-state index in [1.54, 1.807) is 19.5 Å². The van der Waals surface area contributed by atoms with E-state index in [1.807, 2.05) is 26.0 Å². The lowest BCUT2D eigenvalue weighted by Gasteiger charge is -2.30. The van der Waals surface area contributed by atoms with E-state index in [0.29, 0.717) is 6.73 Å². The Hall–Kier alpha value is -1.94. The highest BCUT2D eigenvalue weighted by Crippen LogP contribution is 2.35. The smallest absolute Gasteiger partial charge is 0.157 e. The van der Waals surface area contributed by atoms with Crippen molar-refractivity contribution in [1.29, 1.82) is 0 Å². The van der Waals surface area contributed by atoms with Crippen molar-refractivity contribution in [3.05, 3.63) is 47.9 Å². The summed E-state index contributed by atoms with van der Waals surface area (Å²) in [4.78, 5) is 10.8. The fourth-order valence-electron chi connectivity index (χ4n) is 2.19. The summed E-state index contributed by atoms with van der Waals surface area (Å²) in [7, 11) is 1.69. The third kappa shape index (κ3) is 2.58. The van der Waals surface area contributed by atoms with Crippen LogP contribution in [0.1, 0.15) is 25.1 Å². The van der Waals surface area contributed by atoms with Gasteiger partial charge in [0.05, 0.1) is 5.69 Å². The molecule has 1 aliphatic rings. The highest BCUT2D eigenvalue weighted by Gasteiger charge is 2.23. The van der Waals surface area contributed by atoms with Gasteiger partial charge in [-0.15, -0.1) is 0 Å². The average Bonchev–Trinajstić information content (AvgIpc) is 2.49. The molecule has 19 heavy (non-hydrogen) atoms. The molecular formula is C15H19N3O. The minimum atomic E-state index is 0.489. The van der Waals surface area contributed by atoms with Gasteiger partial charge in [0.2, 0.25) is 0 Å². The Bertz CT molecular complexity index is 497. The van der Waals surface area contributed by atoms with E-state index in [1.165, 1.54) is 5.56 Å². The molecule has 0 aliphatic carbocycles. The average molecular weight is 257 g/mol. The lowest BCUT2D eigenvalue weighted by molar-refractivity contribution is 0.205. The molecule has 4 heteroatoms. The number of rotatable bonds is 2. The molecule has 1 aliphatic heterocycles. The van der Waals surface area contributed by atoms with E-state index in [2.05, 4.69) is 27.0 Å². The predicted molar refractivity (Wildman–Crippen MR) is 76.6 cm³/mol. The molecule has 1 aromatic carbocycles. The van der Waals surface area contributed by atoms with Crippen molar-refractivity contribution in [1.82, 2.24) is 9.97 Å². The van der Waals surface area contributed by atoms with Gasteiger partial charge in [0.25, 0.3) is 0 Å². The van der Waals surface area contributed by atoms with Crippen molar-refractivity contribution < 1.29 is 4.74 Å². The molecule has 0 amide bonds. The number of ether oxygens (including phenoxy) is 1. The second-order valence-corrected chi connectivity index (χ2v) is 3.98. The van der Waals surface area contributed by atoms with Crippen LogP contribution < -0.4 is 4.90 Å². The Kier molecular flexibility index (Phi) is 4.47. The van der Waals surface area contributed by atoms with E-state index >= 15 is 0 Å². The quantitative estimate of drug-likeness (QED) is 0.828. The number of anilines is 2. The lowest BCUT2D eigenvalue weighted by Crippen LogP contribution is -2.27. The van der Waals surface area contributed by atoms with Gasteiger partial charge in [-0.2, -0.15) is 0 Å². The van der Waals surface area contributed by atoms with Gasteiger partial charge in [-0.1, -0.05) is 32.0 Å². The van der Waals surface area contributed by atoms with Gasteiger partial charge in [-0.3, -0.25) is 4.98 Å². The lowest BCUT2D eigenvalue weighted by atomic mass is 10.0. The standard InChI is InChI=1S/C13H13N3O.C2H6/c1-17-9-16-12-5-3-2-4-10(12)8-11-13(16)15-7-6-14-11;1-2/h2-7H,8-9H2,1H3;1-2H3. The number of hydrogen-bond donors (Lipinski definition) is 0. The molecule has 4 nitrogen and oxygen atoms in total. The van der Waals surface area contributed by atoms with Gasteiger partial charge < -0.3 is 9.64 Å². The SMILES string of the molecule is CC.COCN1c2ccccc2Cc2nccnc21. The first-order valence-electron chi connectivity index (χ1n) is 6.54. The first-order valence-corrected chi connectivity index (χ1v) is 6.54. The summed E-state index contributed by atoms with van der Waals surface area (Å²) < 4.78 is 5.25. The summed E-state index contributed by atoms with van der Waals surface area (Å²) in [6, 6.07) is 8.29. The summed E-state index contributed by atoms with van der Waals surface area (Å²) in [5, 5.41) is 0. The molecule has 3 rings (SSSR count). The number of benzene rings is 1. The van der Waals surface area contributed by atoms with Crippen molar-refractivity contribution in [3.63, 3.8) is 0 Å². The minimum Gasteiger partial charge on any atom is -0.364 e. The summed E-state index contributed by atoms with van der Waals surface area (Å²) >= 11 is 0. The van der Waals surface area contributed by atoms with Crippen LogP contribution >= 0.6 is 0 Å². The second kappa shape index (κ2) is 6.29. The van der Waals surface area contributed by atoms with Gasteiger partial charge in [0.15, 0.2) is 5.82 Å². The van der Waals surface area contributed by atoms with Crippen LogP contribution in [-0.4, -0.2) is 23.8 Å². The van der Waals surface area contributed by atoms with E-state index in [4.69, 9.17) is 4.74 Å². The molecule has 0 atom stereocenters. The topological polar surface area (TPSA) is 38.2 Å². The molecule has 100 valence electrons. The third-order valence-corrected chi connectivity index (χ3v) is 2.91. The molecule has 0 saturated heterocycles. The Labute approximate surface area is 114 Å². The zero-order chi connectivity index (χ0) is 13.7. The molecule has 2 aromatic rings. The zero-order valence-electron chi connectivity index (χ0n) is 11.6. The summed E-state index contributed by atoms with van der Waals surface area (Å²) in [6.45, 7) is 4.49. The maximum absolute atomic E-state index is 5.25. The molecule has 0 spiro atoms. The molecule has 0 radical (unpaired) electrons. The van der Waals surface area contributed by atoms with Crippen molar-refractivity contribution in [2.45, 2.75) is 20.3 Å². The van der Waals surface area contributed by atoms with Gasteiger partial charge in [0, 0.05) is 31.6 Å². The largest absolute Gasteiger partial charge is 0.364 e. The minimum absolute atomic E-state index is 0.489. The maximum Gasteiger partial charge on any atom is 0.157 e. The number of aromatic nitrogens is 2. The van der Waals surface area contributed by atoms with Gasteiger partial charge in [-0.25, -0.2) is 4.98 Å². The number of methoxy groups -OCH3 is 1. The van der Waals surface area contributed by atoms with Crippen molar-refractivity contribution >= 4 is 11.5 Å². The number of nitrogens with zero attached hydrogens (tertiary/aromatic N) is 3. The van der Waals surface area contributed by atoms with Gasteiger partial charge in [0.1, 0.15) is 6.73 Å². The molecule has 0 unspecified atom stereocenters. The Balaban J connectivity index is 0.000000637. The Morgan fingerprint density at radius 2 is 1.89 bits per heavy atom. The number of fused-ring (bicyclic) bond motifs is 2. The van der Waals surface area contributed by atoms with Crippen LogP contribution in [0.2, 0.25) is 0 Å². The summed E-state index contributed by atoms with van der Waals surface area (Å²) in [5.41, 5.74) is 3.42. The van der Waals surface area contributed by atoms with Crippen LogP contribution in [0.4, 0.5) is 11.5 Å². The van der Waals surface area contributed by atoms with Crippen LogP contribution in [0, 0.1) is 0 Å². The first-order chi connectivity index (χ1) is 9.40. The summed E-state index contributed by atoms with van der Waals surface area (Å²) in [6.07, 6.45) is 4.28. The molecule has 0 N–H and O–H groups in total. The van der Waals surface area contributed by atoms with Crippen LogP contribution in [-0.2, 0) is 11.2 Å². The third-order valence-electron chi connectivity index (χ3n) is 2.91.